The summed E-state index contributed by atoms with van der Waals surface area (Å²) in [6, 6.07) is -0.511. The number of amides is 2. The van der Waals surface area contributed by atoms with Crippen LogP contribution in [0.25, 0.3) is 0 Å². The van der Waals surface area contributed by atoms with Crippen LogP contribution >= 0.6 is 12.4 Å². The average molecular weight is 308 g/mol. The number of hydrogen-bond donors (Lipinski definition) is 1. The lowest BCUT2D eigenvalue weighted by Crippen LogP contribution is -2.57. The molecule has 0 radical (unpaired) electrons. The fourth-order valence-corrected chi connectivity index (χ4v) is 2.04. The van der Waals surface area contributed by atoms with Gasteiger partial charge in [0.05, 0.1) is 19.2 Å². The predicted molar refractivity (Wildman–Crippen MR) is 79.7 cm³/mol. The maximum Gasteiger partial charge on any atom is 0.242 e. The third-order valence-electron chi connectivity index (χ3n) is 3.74. The van der Waals surface area contributed by atoms with Crippen LogP contribution in [-0.4, -0.2) is 67.6 Å². The van der Waals surface area contributed by atoms with E-state index in [1.807, 2.05) is 13.8 Å². The van der Waals surface area contributed by atoms with Crippen molar-refractivity contribution >= 4 is 24.2 Å². The highest BCUT2D eigenvalue weighted by Crippen LogP contribution is 2.11. The number of halogens is 1. The Morgan fingerprint density at radius 2 is 2.10 bits per heavy atom. The van der Waals surface area contributed by atoms with Gasteiger partial charge in [-0.25, -0.2) is 0 Å². The monoisotopic (exact) mass is 307 g/mol. The van der Waals surface area contributed by atoms with Crippen molar-refractivity contribution in [3.05, 3.63) is 0 Å². The molecule has 1 aliphatic heterocycles. The second kappa shape index (κ2) is 9.15. The molecule has 0 aromatic heterocycles. The van der Waals surface area contributed by atoms with E-state index in [0.717, 1.165) is 6.42 Å². The van der Waals surface area contributed by atoms with Gasteiger partial charge in [-0.1, -0.05) is 20.3 Å². The molecule has 0 bridgehead atoms. The van der Waals surface area contributed by atoms with Crippen molar-refractivity contribution in [2.45, 2.75) is 26.3 Å². The molecule has 0 aromatic carbocycles. The summed E-state index contributed by atoms with van der Waals surface area (Å²) in [7, 11) is 1.61. The highest BCUT2D eigenvalue weighted by Gasteiger charge is 2.31. The highest BCUT2D eigenvalue weighted by molar-refractivity contribution is 5.88. The number of carbonyl (C=O) groups excluding carboxylic acids is 2. The predicted octanol–water partition coefficient (Wildman–Crippen LogP) is 0.0988. The van der Waals surface area contributed by atoms with Gasteiger partial charge in [0.15, 0.2) is 0 Å². The third kappa shape index (κ3) is 4.92. The van der Waals surface area contributed by atoms with Crippen LogP contribution < -0.4 is 5.73 Å². The zero-order valence-electron chi connectivity index (χ0n) is 12.5. The molecule has 7 heteroatoms. The molecule has 2 atom stereocenters. The fraction of sp³-hybridized carbons (Fsp3) is 0.846. The van der Waals surface area contributed by atoms with Crippen molar-refractivity contribution in [2.24, 2.45) is 11.7 Å². The van der Waals surface area contributed by atoms with Crippen molar-refractivity contribution in [3.8, 4) is 0 Å². The van der Waals surface area contributed by atoms with Gasteiger partial charge in [-0.05, 0) is 5.92 Å². The molecular weight excluding hydrogens is 282 g/mol. The lowest BCUT2D eigenvalue weighted by atomic mass is 9.98. The van der Waals surface area contributed by atoms with E-state index in [-0.39, 0.29) is 36.7 Å². The summed E-state index contributed by atoms with van der Waals surface area (Å²) in [5.41, 5.74) is 5.93. The van der Waals surface area contributed by atoms with Gasteiger partial charge < -0.3 is 20.3 Å². The summed E-state index contributed by atoms with van der Waals surface area (Å²) < 4.78 is 4.96. The first-order chi connectivity index (χ1) is 9.01. The van der Waals surface area contributed by atoms with E-state index in [9.17, 15) is 9.59 Å². The van der Waals surface area contributed by atoms with Crippen LogP contribution in [-0.2, 0) is 14.3 Å². The molecule has 2 unspecified atom stereocenters. The van der Waals surface area contributed by atoms with Gasteiger partial charge in [-0.15, -0.1) is 12.4 Å². The molecule has 1 fully saturated rings. The van der Waals surface area contributed by atoms with E-state index in [0.29, 0.717) is 26.2 Å². The number of nitrogens with two attached hydrogens (primary N) is 1. The molecule has 0 aliphatic carbocycles. The Morgan fingerprint density at radius 3 is 2.60 bits per heavy atom. The van der Waals surface area contributed by atoms with Crippen molar-refractivity contribution in [1.82, 2.24) is 9.80 Å². The zero-order chi connectivity index (χ0) is 14.4. The molecule has 0 saturated carbocycles. The molecule has 118 valence electrons. The molecule has 6 nitrogen and oxygen atoms in total. The number of carbonyl (C=O) groups is 2. The van der Waals surface area contributed by atoms with E-state index in [2.05, 4.69) is 0 Å². The lowest BCUT2D eigenvalue weighted by Gasteiger charge is -2.36. The Morgan fingerprint density at radius 1 is 1.45 bits per heavy atom. The summed E-state index contributed by atoms with van der Waals surface area (Å²) in [5, 5.41) is 0. The van der Waals surface area contributed by atoms with Gasteiger partial charge in [0.25, 0.3) is 0 Å². The molecule has 1 aliphatic rings. The molecule has 2 N–H and O–H groups in total. The standard InChI is InChI=1S/C13H25N3O3.ClH/c1-4-10(2)12(14)13(18)16-6-5-15(7-8-19-3)11(17)9-16;/h10,12H,4-9,14H2,1-3H3;1H. The molecule has 1 rings (SSSR count). The maximum absolute atomic E-state index is 12.2. The van der Waals surface area contributed by atoms with Crippen LogP contribution in [0.2, 0.25) is 0 Å². The molecule has 1 saturated heterocycles. The fourth-order valence-electron chi connectivity index (χ4n) is 2.04. The number of hydrogen-bond acceptors (Lipinski definition) is 4. The number of nitrogens with zero attached hydrogens (tertiary/aromatic N) is 2. The summed E-state index contributed by atoms with van der Waals surface area (Å²) in [6.45, 7) is 6.30. The zero-order valence-corrected chi connectivity index (χ0v) is 13.3. The van der Waals surface area contributed by atoms with Crippen LogP contribution in [0.3, 0.4) is 0 Å². The topological polar surface area (TPSA) is 75.9 Å². The van der Waals surface area contributed by atoms with Gasteiger partial charge >= 0.3 is 0 Å². The quantitative estimate of drug-likeness (QED) is 0.755. The maximum atomic E-state index is 12.2. The Bertz CT molecular complexity index is 328. The second-order valence-corrected chi connectivity index (χ2v) is 5.04. The molecule has 0 aromatic rings. The molecular formula is C13H26ClN3O3. The lowest BCUT2D eigenvalue weighted by molar-refractivity contribution is -0.146. The first-order valence-electron chi connectivity index (χ1n) is 6.82. The molecule has 2 amide bonds. The SMILES string of the molecule is CCC(C)C(N)C(=O)N1CCN(CCOC)C(=O)C1.Cl. The minimum atomic E-state index is -0.511. The highest BCUT2D eigenvalue weighted by atomic mass is 35.5. The van der Waals surface area contributed by atoms with E-state index in [1.165, 1.54) is 0 Å². The summed E-state index contributed by atoms with van der Waals surface area (Å²) in [4.78, 5) is 27.4. The van der Waals surface area contributed by atoms with Crippen molar-refractivity contribution in [3.63, 3.8) is 0 Å². The van der Waals surface area contributed by atoms with Crippen molar-refractivity contribution in [1.29, 1.82) is 0 Å². The van der Waals surface area contributed by atoms with Crippen LogP contribution in [0.1, 0.15) is 20.3 Å². The van der Waals surface area contributed by atoms with Crippen LogP contribution in [0, 0.1) is 5.92 Å². The molecule has 0 spiro atoms. The Hall–Kier alpha value is -0.850. The minimum absolute atomic E-state index is 0. The molecule has 1 heterocycles. The normalized spacial score (nSPS) is 18.5. The number of rotatable bonds is 6. The van der Waals surface area contributed by atoms with Gasteiger partial charge in [0.2, 0.25) is 11.8 Å². The summed E-state index contributed by atoms with van der Waals surface area (Å²) in [6.07, 6.45) is 0.856. The van der Waals surface area contributed by atoms with Gasteiger partial charge in [-0.3, -0.25) is 9.59 Å². The van der Waals surface area contributed by atoms with Crippen LogP contribution in [0.5, 0.6) is 0 Å². The number of ether oxygens (including phenoxy) is 1. The van der Waals surface area contributed by atoms with Crippen molar-refractivity contribution < 1.29 is 14.3 Å². The second-order valence-electron chi connectivity index (χ2n) is 5.04. The van der Waals surface area contributed by atoms with E-state index in [4.69, 9.17) is 10.5 Å². The Balaban J connectivity index is 0.00000361. The van der Waals surface area contributed by atoms with Gasteiger partial charge in [-0.2, -0.15) is 0 Å². The van der Waals surface area contributed by atoms with Crippen molar-refractivity contribution in [2.75, 3.05) is 39.9 Å². The molecule has 20 heavy (non-hydrogen) atoms. The first kappa shape index (κ1) is 19.1. The third-order valence-corrected chi connectivity index (χ3v) is 3.74. The van der Waals surface area contributed by atoms with Gasteiger partial charge in [0.1, 0.15) is 0 Å². The Labute approximate surface area is 127 Å². The number of piperazine rings is 1. The minimum Gasteiger partial charge on any atom is -0.383 e. The van der Waals surface area contributed by atoms with E-state index in [1.54, 1.807) is 16.9 Å². The summed E-state index contributed by atoms with van der Waals surface area (Å²) >= 11 is 0. The average Bonchev–Trinajstić information content (AvgIpc) is 2.43. The smallest absolute Gasteiger partial charge is 0.242 e. The van der Waals surface area contributed by atoms with E-state index < -0.39 is 6.04 Å². The number of methoxy groups -OCH3 is 1. The van der Waals surface area contributed by atoms with Gasteiger partial charge in [0, 0.05) is 26.7 Å². The first-order valence-corrected chi connectivity index (χ1v) is 6.82. The Kier molecular flexibility index (Phi) is 8.76. The van der Waals surface area contributed by atoms with Crippen LogP contribution in [0.4, 0.5) is 0 Å². The van der Waals surface area contributed by atoms with E-state index >= 15 is 0 Å². The largest absolute Gasteiger partial charge is 0.383 e. The van der Waals surface area contributed by atoms with Crippen LogP contribution in [0.15, 0.2) is 0 Å². The summed E-state index contributed by atoms with van der Waals surface area (Å²) in [5.74, 6) is -0.0174.